The molecule has 9 aromatic rings. The number of benzene rings is 3. The molecule has 0 saturated heterocycles. The summed E-state index contributed by atoms with van der Waals surface area (Å²) >= 11 is 1.63. The third kappa shape index (κ3) is 16.6. The van der Waals surface area contributed by atoms with Gasteiger partial charge in [0.25, 0.3) is 0 Å². The van der Waals surface area contributed by atoms with Crippen LogP contribution in [0, 0.1) is 50.8 Å². The smallest absolute Gasteiger partial charge is 0.327 e. The van der Waals surface area contributed by atoms with Crippen molar-refractivity contribution in [3.05, 3.63) is 197 Å². The third-order valence-corrected chi connectivity index (χ3v) is 13.3. The Balaban J connectivity index is 0.000000235. The molecule has 22 heteroatoms. The zero-order valence-electron chi connectivity index (χ0n) is 46.4. The first kappa shape index (κ1) is 67.4. The van der Waals surface area contributed by atoms with Gasteiger partial charge in [0.1, 0.15) is 11.7 Å². The van der Waals surface area contributed by atoms with Crippen molar-refractivity contribution in [2.45, 2.75) is 106 Å². The number of aliphatic imine (C=N–C) groups is 2. The van der Waals surface area contributed by atoms with Crippen LogP contribution >= 0.6 is 11.3 Å². The minimum atomic E-state index is -0.360. The van der Waals surface area contributed by atoms with Crippen molar-refractivity contribution in [1.29, 1.82) is 0 Å². The summed E-state index contributed by atoms with van der Waals surface area (Å²) in [6.07, 6.45) is 23.0. The van der Waals surface area contributed by atoms with Crippen molar-refractivity contribution in [3.63, 3.8) is 0 Å². The van der Waals surface area contributed by atoms with E-state index in [9.17, 15) is 0 Å². The molecule has 0 amide bonds. The van der Waals surface area contributed by atoms with Gasteiger partial charge >= 0.3 is 5.82 Å². The second-order valence-electron chi connectivity index (χ2n) is 18.5. The van der Waals surface area contributed by atoms with Crippen molar-refractivity contribution in [1.82, 2.24) is 63.9 Å². The van der Waals surface area contributed by atoms with E-state index in [1.54, 1.807) is 44.6 Å². The van der Waals surface area contributed by atoms with E-state index in [0.717, 1.165) is 90.3 Å². The van der Waals surface area contributed by atoms with Gasteiger partial charge in [-0.15, -0.1) is 17.4 Å². The molecule has 0 aliphatic carbocycles. The van der Waals surface area contributed by atoms with Gasteiger partial charge in [0.15, 0.2) is 5.95 Å². The molecule has 0 fully saturated rings. The largest absolute Gasteiger partial charge is 0.536 e. The molecule has 0 atom stereocenters. The first-order valence-electron chi connectivity index (χ1n) is 25.7. The monoisotopic (exact) mass is 1810 g/mol. The van der Waals surface area contributed by atoms with Gasteiger partial charge in [-0.1, -0.05) is 177 Å². The summed E-state index contributed by atoms with van der Waals surface area (Å²) in [7, 11) is 1.57. The predicted molar refractivity (Wildman–Crippen MR) is 302 cm³/mol. The molecule has 2 aliphatic rings. The number of ether oxygens (including phenoxy) is 1. The van der Waals surface area contributed by atoms with E-state index in [2.05, 4.69) is 190 Å². The second kappa shape index (κ2) is 31.9. The molecule has 6 aromatic heterocycles. The Morgan fingerprint density at radius 1 is 0.630 bits per heavy atom. The fourth-order valence-corrected chi connectivity index (χ4v) is 9.32. The molecule has 17 nitrogen and oxygen atoms in total. The molecule has 2 aliphatic heterocycles. The summed E-state index contributed by atoms with van der Waals surface area (Å²) in [5, 5.41) is 24.6. The molecule has 0 saturated carbocycles. The zero-order chi connectivity index (χ0) is 54.4. The van der Waals surface area contributed by atoms with Crippen LogP contribution in [0.25, 0.3) is 33.9 Å². The summed E-state index contributed by atoms with van der Waals surface area (Å²) < 4.78 is 13.3. The molecule has 0 bridgehead atoms. The minimum absolute atomic E-state index is 0. The van der Waals surface area contributed by atoms with Gasteiger partial charge in [-0.3, -0.25) is 20.1 Å². The standard InChI is InChI=1S/C23H22N3.C15H16N5O.C13H15N4.C8H9N4S.4Ir/c1-3-10-21-23(19-11-6-4-7-12-19,20-13-8-5-9-14-20)17-22(24-21)26-16-15-18(2)25-26;1-3-7-13-16-15(19-11-10-14(17-19)21-2)18-20(13)12-8-5-4-6-9-12;1-5-6-10-13(2,3)9-12(15-10)17-8-7-11(14-4)16-17;1-3-8-10-7(4-13-8)12-5-9-6(2)11-12;;;;/h4-9,11-15,17H,3,10H2,1-2H3;4-6,8-10H,3,7H2,1-2H3;7,9H,5-6H2,1-3H3;4H,3H2,1-2H3;;;;/q4*-1;;;;. The number of nitrogens with zero attached hydrogens (tertiary/aromatic N) is 16. The van der Waals surface area contributed by atoms with Crippen LogP contribution in [0.3, 0.4) is 0 Å². The number of aryl methyl sites for hydroxylation is 4. The molecule has 4 radical (unpaired) electrons. The number of rotatable bonds is 15. The van der Waals surface area contributed by atoms with Gasteiger partial charge in [0.05, 0.1) is 34.9 Å². The van der Waals surface area contributed by atoms with Crippen LogP contribution in [0.4, 0.5) is 5.82 Å². The molecular formula is C59H62Ir4N16OS-4. The Morgan fingerprint density at radius 3 is 1.74 bits per heavy atom. The number of para-hydroxylation sites is 1. The van der Waals surface area contributed by atoms with Crippen molar-refractivity contribution < 1.29 is 85.2 Å². The minimum Gasteiger partial charge on any atom is -0.536 e. The summed E-state index contributed by atoms with van der Waals surface area (Å²) in [5.41, 5.74) is 6.34. The average molecular weight is 1810 g/mol. The van der Waals surface area contributed by atoms with Crippen LogP contribution < -0.4 is 4.74 Å². The maximum atomic E-state index is 6.89. The summed E-state index contributed by atoms with van der Waals surface area (Å²) in [6, 6.07) is 36.3. The van der Waals surface area contributed by atoms with E-state index in [1.807, 2.05) is 60.3 Å². The Morgan fingerprint density at radius 2 is 1.21 bits per heavy atom. The van der Waals surface area contributed by atoms with E-state index in [4.69, 9.17) is 16.3 Å². The Labute approximate surface area is 532 Å². The van der Waals surface area contributed by atoms with Crippen molar-refractivity contribution in [3.8, 4) is 23.3 Å². The Kier molecular flexibility index (Phi) is 26.6. The van der Waals surface area contributed by atoms with Crippen LogP contribution in [-0.4, -0.2) is 82.4 Å². The SMILES string of the molecule is CCCC1=NC(n2[c-]cc(C)n2)=CC1(c1ccccc1)c1ccccc1.CCCc1nc(-n2[c-]cc(OC)n2)nn1-c1ccccc1.CCc1nc(-n2[c-]nc(C)n2)cs1.[C-]#[N+]c1c[c-]n(C2=CC(C)(C)C(CCC)=N2)n1.[Ir].[Ir].[Ir].[Ir]. The third-order valence-electron chi connectivity index (χ3n) is 12.3. The average Bonchev–Trinajstić information content (AvgIpc) is 4.54. The molecule has 8 heterocycles. The van der Waals surface area contributed by atoms with Crippen molar-refractivity contribution >= 4 is 40.2 Å². The first-order valence-corrected chi connectivity index (χ1v) is 26.6. The molecule has 11 rings (SSSR count). The maximum Gasteiger partial charge on any atom is 0.327 e. The number of allylic oxidation sites excluding steroid dienone is 2. The summed E-state index contributed by atoms with van der Waals surface area (Å²) in [4.78, 5) is 25.7. The molecule has 81 heavy (non-hydrogen) atoms. The van der Waals surface area contributed by atoms with Crippen LogP contribution in [-0.2, 0) is 98.7 Å². The summed E-state index contributed by atoms with van der Waals surface area (Å²) in [5.74, 6) is 5.37. The Bertz CT molecular complexity index is 3490. The molecular weight excluding hydrogens is 1750 g/mol. The van der Waals surface area contributed by atoms with Crippen LogP contribution in [0.15, 0.2) is 137 Å². The molecule has 0 spiro atoms. The van der Waals surface area contributed by atoms with Gasteiger partial charge in [-0.25, -0.2) is 19.6 Å². The first-order chi connectivity index (χ1) is 37.4. The molecule has 0 N–H and O–H groups in total. The number of hydrogen-bond acceptors (Lipinski definition) is 12. The zero-order valence-corrected chi connectivity index (χ0v) is 56.8. The van der Waals surface area contributed by atoms with E-state index in [0.29, 0.717) is 23.5 Å². The quantitative estimate of drug-likeness (QED) is 0.0908. The van der Waals surface area contributed by atoms with Gasteiger partial charge in [-0.05, 0) is 84.3 Å². The van der Waals surface area contributed by atoms with Gasteiger partial charge in [0.2, 0.25) is 0 Å². The van der Waals surface area contributed by atoms with Gasteiger partial charge < -0.3 is 33.6 Å². The molecule has 430 valence electrons. The number of methoxy groups -OCH3 is 1. The van der Waals surface area contributed by atoms with Crippen LogP contribution in [0.1, 0.15) is 107 Å². The number of hydrogen-bond donors (Lipinski definition) is 0. The second-order valence-corrected chi connectivity index (χ2v) is 19.5. The van der Waals surface area contributed by atoms with Crippen LogP contribution in [0.5, 0.6) is 5.88 Å². The van der Waals surface area contributed by atoms with Crippen molar-refractivity contribution in [2.75, 3.05) is 7.11 Å². The van der Waals surface area contributed by atoms with Crippen molar-refractivity contribution in [2.24, 2.45) is 15.4 Å². The van der Waals surface area contributed by atoms with E-state index >= 15 is 0 Å². The van der Waals surface area contributed by atoms with E-state index < -0.39 is 0 Å². The molecule has 0 unspecified atom stereocenters. The number of thiazole rings is 1. The Hall–Kier alpha value is -6.09. The van der Waals surface area contributed by atoms with Gasteiger partial charge in [0, 0.05) is 122 Å². The van der Waals surface area contributed by atoms with Crippen LogP contribution in [0.2, 0.25) is 0 Å². The topological polar surface area (TPSA) is 166 Å². The normalized spacial score (nSPS) is 13.2. The predicted octanol–water partition coefficient (Wildman–Crippen LogP) is 11.9. The maximum absolute atomic E-state index is 6.89. The molecule has 3 aromatic carbocycles. The number of aromatic nitrogens is 13. The van der Waals surface area contributed by atoms with E-state index in [-0.39, 0.29) is 91.3 Å². The fourth-order valence-electron chi connectivity index (χ4n) is 8.62. The summed E-state index contributed by atoms with van der Waals surface area (Å²) in [6.45, 7) is 23.5. The fraction of sp³-hybridized carbons (Fsp3) is 0.305. The van der Waals surface area contributed by atoms with E-state index in [1.165, 1.54) is 21.5 Å². The van der Waals surface area contributed by atoms with Gasteiger partial charge in [-0.2, -0.15) is 5.10 Å².